The lowest BCUT2D eigenvalue weighted by atomic mass is 9.78. The topological polar surface area (TPSA) is 32.8 Å². The normalized spacial score (nSPS) is 31.7. The summed E-state index contributed by atoms with van der Waals surface area (Å²) in [5.74, 6) is 0.126. The molecule has 0 saturated carbocycles. The highest BCUT2D eigenvalue weighted by molar-refractivity contribution is 9.10. The fraction of sp³-hybridized carbons (Fsp3) is 0.350. The number of amides is 1. The van der Waals surface area contributed by atoms with Crippen molar-refractivity contribution in [2.75, 3.05) is 0 Å². The molecule has 0 bridgehead atoms. The van der Waals surface area contributed by atoms with Gasteiger partial charge >= 0.3 is 0 Å². The van der Waals surface area contributed by atoms with Crippen molar-refractivity contribution in [2.24, 2.45) is 0 Å². The minimum Gasteiger partial charge on any atom is -0.367 e. The van der Waals surface area contributed by atoms with E-state index in [4.69, 9.17) is 4.74 Å². The highest BCUT2D eigenvalue weighted by Gasteiger charge is 2.70. The number of epoxide rings is 1. The summed E-state index contributed by atoms with van der Waals surface area (Å²) in [7, 11) is 0. The highest BCUT2D eigenvalue weighted by Crippen LogP contribution is 2.57. The second kappa shape index (κ2) is 6.01. The molecule has 0 N–H and O–H groups in total. The molecule has 0 unspecified atom stereocenters. The van der Waals surface area contributed by atoms with E-state index in [2.05, 4.69) is 47.1 Å². The van der Waals surface area contributed by atoms with E-state index in [1.807, 2.05) is 41.3 Å². The zero-order chi connectivity index (χ0) is 16.7. The zero-order valence-corrected chi connectivity index (χ0v) is 15.1. The summed E-state index contributed by atoms with van der Waals surface area (Å²) in [6.45, 7) is 2.72. The molecule has 0 aromatic heterocycles. The molecule has 4 atom stereocenters. The van der Waals surface area contributed by atoms with Gasteiger partial charge in [-0.1, -0.05) is 83.5 Å². The fourth-order valence-electron chi connectivity index (χ4n) is 3.72. The Kier molecular flexibility index (Phi) is 3.97. The van der Waals surface area contributed by atoms with Crippen molar-refractivity contribution in [3.63, 3.8) is 0 Å². The number of ether oxygens (including phenoxy) is 1. The summed E-state index contributed by atoms with van der Waals surface area (Å²) < 4.78 is 5.16. The number of carbonyl (C=O) groups excluding carboxylic acids is 1. The van der Waals surface area contributed by atoms with Crippen LogP contribution >= 0.6 is 15.9 Å². The summed E-state index contributed by atoms with van der Waals surface area (Å²) in [4.78, 5) is 15.0. The van der Waals surface area contributed by atoms with Crippen LogP contribution < -0.4 is 0 Å². The van der Waals surface area contributed by atoms with Crippen LogP contribution in [0.1, 0.15) is 30.5 Å². The van der Waals surface area contributed by atoms with Gasteiger partial charge in [-0.3, -0.25) is 4.79 Å². The summed E-state index contributed by atoms with van der Waals surface area (Å²) in [5, 5.41) is 0. The first-order chi connectivity index (χ1) is 11.7. The van der Waals surface area contributed by atoms with E-state index in [9.17, 15) is 4.79 Å². The van der Waals surface area contributed by atoms with Gasteiger partial charge in [-0.15, -0.1) is 0 Å². The Morgan fingerprint density at radius 1 is 1.08 bits per heavy atom. The number of carbonyl (C=O) groups is 1. The first-order valence-electron chi connectivity index (χ1n) is 8.40. The molecule has 2 aromatic rings. The van der Waals surface area contributed by atoms with Crippen LogP contribution in [0.5, 0.6) is 0 Å². The maximum atomic E-state index is 13.0. The summed E-state index contributed by atoms with van der Waals surface area (Å²) in [5.41, 5.74) is 2.29. The van der Waals surface area contributed by atoms with Gasteiger partial charge in [-0.2, -0.15) is 0 Å². The Bertz CT molecular complexity index is 736. The highest BCUT2D eigenvalue weighted by atomic mass is 79.9. The van der Waals surface area contributed by atoms with E-state index in [0.717, 1.165) is 17.5 Å². The van der Waals surface area contributed by atoms with Gasteiger partial charge in [0.2, 0.25) is 5.91 Å². The van der Waals surface area contributed by atoms with Crippen molar-refractivity contribution >= 4 is 21.8 Å². The van der Waals surface area contributed by atoms with Crippen LogP contribution in [0.3, 0.4) is 0 Å². The van der Waals surface area contributed by atoms with Gasteiger partial charge in [0.05, 0.1) is 12.1 Å². The summed E-state index contributed by atoms with van der Waals surface area (Å²) in [6, 6.07) is 20.4. The van der Waals surface area contributed by atoms with E-state index in [1.54, 1.807) is 0 Å². The molecule has 2 saturated heterocycles. The SMILES string of the molecule is CC[C@H]1O[C@@H]1[C@]1(Br)C(=O)N(Cc2ccccc2)[C@H]1c1ccccc1. The lowest BCUT2D eigenvalue weighted by Crippen LogP contribution is -2.67. The van der Waals surface area contributed by atoms with Crippen molar-refractivity contribution in [3.8, 4) is 0 Å². The van der Waals surface area contributed by atoms with Crippen LogP contribution in [-0.4, -0.2) is 27.3 Å². The number of alkyl halides is 1. The number of β-lactam (4-membered cyclic amide) rings is 1. The Morgan fingerprint density at radius 2 is 1.71 bits per heavy atom. The standard InChI is InChI=1S/C20H20BrNO2/c1-2-16-18(24-16)20(21)17(15-11-7-4-8-12-15)22(19(20)23)13-14-9-5-3-6-10-14/h3-12,16-18H,2,13H2,1H3/t16-,17+,18+,20+/m1/s1. The Morgan fingerprint density at radius 3 is 2.29 bits per heavy atom. The maximum Gasteiger partial charge on any atom is 0.245 e. The van der Waals surface area contributed by atoms with Gasteiger partial charge in [0.15, 0.2) is 4.32 Å². The third kappa shape index (κ3) is 2.40. The van der Waals surface area contributed by atoms with E-state index < -0.39 is 4.32 Å². The molecule has 24 heavy (non-hydrogen) atoms. The molecule has 124 valence electrons. The molecule has 3 nitrogen and oxygen atoms in total. The molecule has 2 heterocycles. The molecule has 4 heteroatoms. The number of nitrogens with zero attached hydrogens (tertiary/aromatic N) is 1. The minimum absolute atomic E-state index is 0.00652. The van der Waals surface area contributed by atoms with Crippen molar-refractivity contribution in [1.29, 1.82) is 0 Å². The third-order valence-electron chi connectivity index (χ3n) is 5.01. The zero-order valence-electron chi connectivity index (χ0n) is 13.6. The maximum absolute atomic E-state index is 13.0. The molecule has 2 aliphatic heterocycles. The van der Waals surface area contributed by atoms with Crippen LogP contribution in [0.25, 0.3) is 0 Å². The number of likely N-dealkylation sites (tertiary alicyclic amines) is 1. The van der Waals surface area contributed by atoms with Gasteiger partial charge < -0.3 is 9.64 Å². The lowest BCUT2D eigenvalue weighted by Gasteiger charge is -2.53. The molecule has 0 aliphatic carbocycles. The van der Waals surface area contributed by atoms with E-state index in [0.29, 0.717) is 6.54 Å². The fourth-order valence-corrected chi connectivity index (χ4v) is 4.86. The summed E-state index contributed by atoms with van der Waals surface area (Å²) >= 11 is 3.78. The molecule has 2 fully saturated rings. The molecule has 0 spiro atoms. The van der Waals surface area contributed by atoms with E-state index in [1.165, 1.54) is 0 Å². The molecular weight excluding hydrogens is 366 g/mol. The van der Waals surface area contributed by atoms with Crippen molar-refractivity contribution < 1.29 is 9.53 Å². The molecule has 0 radical (unpaired) electrons. The minimum atomic E-state index is -0.635. The molecule has 2 aliphatic rings. The first-order valence-corrected chi connectivity index (χ1v) is 9.20. The van der Waals surface area contributed by atoms with Crippen LogP contribution in [0.15, 0.2) is 60.7 Å². The molecule has 4 rings (SSSR count). The number of halogens is 1. The van der Waals surface area contributed by atoms with Crippen LogP contribution in [0, 0.1) is 0 Å². The average Bonchev–Trinajstić information content (AvgIpc) is 3.42. The summed E-state index contributed by atoms with van der Waals surface area (Å²) in [6.07, 6.45) is 1.08. The van der Waals surface area contributed by atoms with Gasteiger partial charge in [0.1, 0.15) is 6.10 Å². The average molecular weight is 386 g/mol. The molecule has 1 amide bonds. The first kappa shape index (κ1) is 15.9. The van der Waals surface area contributed by atoms with Gasteiger partial charge in [0, 0.05) is 6.54 Å². The second-order valence-corrected chi connectivity index (χ2v) is 7.82. The van der Waals surface area contributed by atoms with Crippen molar-refractivity contribution in [1.82, 2.24) is 4.90 Å². The lowest BCUT2D eigenvalue weighted by molar-refractivity contribution is -0.154. The largest absolute Gasteiger partial charge is 0.367 e. The van der Waals surface area contributed by atoms with Gasteiger partial charge in [-0.05, 0) is 17.5 Å². The number of benzene rings is 2. The number of hydrogen-bond donors (Lipinski definition) is 0. The number of rotatable bonds is 5. The Balaban J connectivity index is 1.66. The Labute approximate surface area is 150 Å². The van der Waals surface area contributed by atoms with E-state index >= 15 is 0 Å². The van der Waals surface area contributed by atoms with Crippen LogP contribution in [0.2, 0.25) is 0 Å². The van der Waals surface area contributed by atoms with Gasteiger partial charge in [-0.25, -0.2) is 0 Å². The van der Waals surface area contributed by atoms with Gasteiger partial charge in [0.25, 0.3) is 0 Å². The predicted octanol–water partition coefficient (Wildman–Crippen LogP) is 4.08. The van der Waals surface area contributed by atoms with Crippen LogP contribution in [0.4, 0.5) is 0 Å². The Hall–Kier alpha value is -1.65. The van der Waals surface area contributed by atoms with E-state index in [-0.39, 0.29) is 24.2 Å². The third-order valence-corrected chi connectivity index (χ3v) is 6.23. The van der Waals surface area contributed by atoms with Crippen molar-refractivity contribution in [3.05, 3.63) is 71.8 Å². The quantitative estimate of drug-likeness (QED) is 0.441. The monoisotopic (exact) mass is 385 g/mol. The van der Waals surface area contributed by atoms with Crippen LogP contribution in [-0.2, 0) is 16.1 Å². The number of hydrogen-bond acceptors (Lipinski definition) is 2. The molecule has 2 aromatic carbocycles. The molecular formula is C20H20BrNO2. The van der Waals surface area contributed by atoms with Crippen molar-refractivity contribution in [2.45, 2.75) is 42.5 Å². The second-order valence-electron chi connectivity index (χ2n) is 6.50. The predicted molar refractivity (Wildman–Crippen MR) is 96.8 cm³/mol. The smallest absolute Gasteiger partial charge is 0.245 e.